The molecule has 0 aliphatic carbocycles. The maximum Gasteiger partial charge on any atom is 0.0819 e. The van der Waals surface area contributed by atoms with E-state index in [-0.39, 0.29) is 0 Å². The highest BCUT2D eigenvalue weighted by molar-refractivity contribution is 8.00. The van der Waals surface area contributed by atoms with Crippen LogP contribution in [0.3, 0.4) is 0 Å². The van der Waals surface area contributed by atoms with Crippen LogP contribution in [0.25, 0.3) is 0 Å². The number of hydrogen-bond acceptors (Lipinski definition) is 4. The molecule has 1 saturated heterocycles. The van der Waals surface area contributed by atoms with Crippen LogP contribution in [0.15, 0.2) is 11.7 Å². The van der Waals surface area contributed by atoms with Crippen molar-refractivity contribution in [3.05, 3.63) is 16.6 Å². The third-order valence-corrected chi connectivity index (χ3v) is 4.78. The van der Waals surface area contributed by atoms with Crippen LogP contribution in [-0.4, -0.2) is 26.7 Å². The zero-order valence-electron chi connectivity index (χ0n) is 7.56. The van der Waals surface area contributed by atoms with Crippen molar-refractivity contribution in [2.24, 2.45) is 0 Å². The molecule has 1 aliphatic heterocycles. The molecule has 0 amide bonds. The normalized spacial score (nSPS) is 33.8. The molecule has 2 unspecified atom stereocenters. The highest BCUT2D eigenvalue weighted by Gasteiger charge is 2.39. The second-order valence-electron chi connectivity index (χ2n) is 3.51. The average Bonchev–Trinajstić information content (AvgIpc) is 2.65. The topological polar surface area (TPSA) is 33.1 Å². The van der Waals surface area contributed by atoms with Gasteiger partial charge in [-0.25, -0.2) is 0 Å². The summed E-state index contributed by atoms with van der Waals surface area (Å²) in [5.41, 5.74) is 1.34. The van der Waals surface area contributed by atoms with Gasteiger partial charge in [0.1, 0.15) is 0 Å². The van der Waals surface area contributed by atoms with Crippen molar-refractivity contribution in [1.29, 1.82) is 0 Å². The van der Waals surface area contributed by atoms with Crippen LogP contribution in [0.4, 0.5) is 0 Å². The van der Waals surface area contributed by atoms with E-state index in [0.29, 0.717) is 5.25 Å². The zero-order valence-corrected chi connectivity index (χ0v) is 9.20. The molecule has 0 bridgehead atoms. The van der Waals surface area contributed by atoms with E-state index in [1.54, 1.807) is 11.3 Å². The minimum Gasteiger partial charge on any atom is -0.388 e. The van der Waals surface area contributed by atoms with Crippen molar-refractivity contribution in [2.45, 2.75) is 30.6 Å². The zero-order chi connectivity index (χ0) is 9.31. The summed E-state index contributed by atoms with van der Waals surface area (Å²) in [6.07, 6.45) is 3.54. The van der Waals surface area contributed by atoms with Gasteiger partial charge in [0.25, 0.3) is 0 Å². The summed E-state index contributed by atoms with van der Waals surface area (Å²) >= 11 is 3.49. The van der Waals surface area contributed by atoms with Gasteiger partial charge in [0.05, 0.1) is 11.1 Å². The molecule has 0 aromatic carbocycles. The van der Waals surface area contributed by atoms with E-state index < -0.39 is 5.60 Å². The Morgan fingerprint density at radius 3 is 3.15 bits per heavy atom. The van der Waals surface area contributed by atoms with Crippen LogP contribution in [0.5, 0.6) is 0 Å². The molecular formula is C9H13NOS2. The van der Waals surface area contributed by atoms with Crippen molar-refractivity contribution in [1.82, 2.24) is 4.98 Å². The molecule has 2 atom stereocenters. The first-order valence-electron chi connectivity index (χ1n) is 4.42. The Bertz CT molecular complexity index is 275. The van der Waals surface area contributed by atoms with Crippen LogP contribution in [0.2, 0.25) is 0 Å². The first kappa shape index (κ1) is 9.49. The Balaban J connectivity index is 2.08. The van der Waals surface area contributed by atoms with Crippen molar-refractivity contribution in [2.75, 3.05) is 5.75 Å². The molecule has 72 valence electrons. The maximum absolute atomic E-state index is 10.3. The molecule has 1 aromatic rings. The first-order valence-corrected chi connectivity index (χ1v) is 6.35. The van der Waals surface area contributed by atoms with E-state index in [4.69, 9.17) is 0 Å². The number of hydrogen-bond donors (Lipinski definition) is 1. The van der Waals surface area contributed by atoms with Crippen LogP contribution < -0.4 is 0 Å². The lowest BCUT2D eigenvalue weighted by Crippen LogP contribution is -2.36. The lowest BCUT2D eigenvalue weighted by Gasteiger charge is -2.25. The highest BCUT2D eigenvalue weighted by atomic mass is 32.2. The lowest BCUT2D eigenvalue weighted by atomic mass is 9.93. The SMILES string of the molecule is CC1SCCC1(O)Cc1cncs1. The largest absolute Gasteiger partial charge is 0.388 e. The quantitative estimate of drug-likeness (QED) is 0.818. The van der Waals surface area contributed by atoms with Crippen LogP contribution in [0, 0.1) is 0 Å². The number of aromatic nitrogens is 1. The fraction of sp³-hybridized carbons (Fsp3) is 0.667. The van der Waals surface area contributed by atoms with Gasteiger partial charge in [-0.1, -0.05) is 6.92 Å². The second kappa shape index (κ2) is 3.59. The molecule has 1 aromatic heterocycles. The molecule has 13 heavy (non-hydrogen) atoms. The van der Waals surface area contributed by atoms with Crippen LogP contribution >= 0.6 is 23.1 Å². The number of nitrogens with zero attached hydrogens (tertiary/aromatic N) is 1. The molecule has 4 heteroatoms. The Labute approximate surface area is 86.4 Å². The summed E-state index contributed by atoms with van der Waals surface area (Å²) in [6.45, 7) is 2.11. The summed E-state index contributed by atoms with van der Waals surface area (Å²) in [4.78, 5) is 5.21. The fourth-order valence-electron chi connectivity index (χ4n) is 1.63. The summed E-state index contributed by atoms with van der Waals surface area (Å²) in [6, 6.07) is 0. The van der Waals surface area contributed by atoms with Crippen molar-refractivity contribution < 1.29 is 5.11 Å². The molecule has 2 nitrogen and oxygen atoms in total. The summed E-state index contributed by atoms with van der Waals surface area (Å²) < 4.78 is 0. The average molecular weight is 215 g/mol. The molecule has 0 spiro atoms. The van der Waals surface area contributed by atoms with E-state index >= 15 is 0 Å². The second-order valence-corrected chi connectivity index (χ2v) is 5.93. The Morgan fingerprint density at radius 2 is 2.62 bits per heavy atom. The minimum absolute atomic E-state index is 0.356. The molecule has 0 radical (unpaired) electrons. The van der Waals surface area contributed by atoms with E-state index in [9.17, 15) is 5.11 Å². The molecule has 1 fully saturated rings. The summed E-state index contributed by atoms with van der Waals surface area (Å²) in [5.74, 6) is 1.08. The Morgan fingerprint density at radius 1 is 1.77 bits per heavy atom. The van der Waals surface area contributed by atoms with Gasteiger partial charge in [0.2, 0.25) is 0 Å². The third kappa shape index (κ3) is 1.90. The van der Waals surface area contributed by atoms with Crippen molar-refractivity contribution >= 4 is 23.1 Å². The molecule has 1 aliphatic rings. The van der Waals surface area contributed by atoms with E-state index in [1.807, 2.05) is 23.5 Å². The van der Waals surface area contributed by atoms with E-state index in [2.05, 4.69) is 11.9 Å². The van der Waals surface area contributed by atoms with Crippen molar-refractivity contribution in [3.8, 4) is 0 Å². The van der Waals surface area contributed by atoms with Gasteiger partial charge in [-0.15, -0.1) is 11.3 Å². The first-order chi connectivity index (χ1) is 6.21. The van der Waals surface area contributed by atoms with Gasteiger partial charge >= 0.3 is 0 Å². The van der Waals surface area contributed by atoms with Gasteiger partial charge < -0.3 is 5.11 Å². The van der Waals surface area contributed by atoms with Crippen molar-refractivity contribution in [3.63, 3.8) is 0 Å². The van der Waals surface area contributed by atoms with E-state index in [0.717, 1.165) is 18.6 Å². The Hall–Kier alpha value is -0.0600. The monoisotopic (exact) mass is 215 g/mol. The van der Waals surface area contributed by atoms with Crippen LogP contribution in [-0.2, 0) is 6.42 Å². The van der Waals surface area contributed by atoms with Gasteiger partial charge in [-0.2, -0.15) is 11.8 Å². The molecular weight excluding hydrogens is 202 g/mol. The number of thiazole rings is 1. The number of aliphatic hydroxyl groups is 1. The maximum atomic E-state index is 10.3. The standard InChI is InChI=1S/C9H13NOS2/c1-7-9(11,2-3-12-7)4-8-5-10-6-13-8/h5-7,11H,2-4H2,1H3. The predicted molar refractivity (Wildman–Crippen MR) is 57.3 cm³/mol. The molecule has 0 saturated carbocycles. The molecule has 2 heterocycles. The van der Waals surface area contributed by atoms with Gasteiger partial charge in [-0.05, 0) is 12.2 Å². The minimum atomic E-state index is -0.489. The number of rotatable bonds is 2. The lowest BCUT2D eigenvalue weighted by molar-refractivity contribution is 0.0472. The van der Waals surface area contributed by atoms with Gasteiger partial charge in [0.15, 0.2) is 0 Å². The van der Waals surface area contributed by atoms with E-state index in [1.165, 1.54) is 4.88 Å². The van der Waals surface area contributed by atoms with Crippen LogP contribution in [0.1, 0.15) is 18.2 Å². The fourth-order valence-corrected chi connectivity index (χ4v) is 3.68. The van der Waals surface area contributed by atoms with Gasteiger partial charge in [0, 0.05) is 22.7 Å². The smallest absolute Gasteiger partial charge is 0.0819 e. The number of thioether (sulfide) groups is 1. The summed E-state index contributed by atoms with van der Waals surface area (Å²) in [7, 11) is 0. The highest BCUT2D eigenvalue weighted by Crippen LogP contribution is 2.38. The van der Waals surface area contributed by atoms with Gasteiger partial charge in [-0.3, -0.25) is 4.98 Å². The molecule has 1 N–H and O–H groups in total. The molecule has 2 rings (SSSR count). The summed E-state index contributed by atoms with van der Waals surface area (Å²) in [5, 5.41) is 10.6. The predicted octanol–water partition coefficient (Wildman–Crippen LogP) is 1.94. The third-order valence-electron chi connectivity index (χ3n) is 2.62. The Kier molecular flexibility index (Phi) is 2.62.